The van der Waals surface area contributed by atoms with Gasteiger partial charge in [-0.3, -0.25) is 0 Å². The van der Waals surface area contributed by atoms with Gasteiger partial charge in [-0.1, -0.05) is 32.0 Å². The highest BCUT2D eigenvalue weighted by Crippen LogP contribution is 2.27. The third-order valence-electron chi connectivity index (χ3n) is 2.27. The predicted octanol–water partition coefficient (Wildman–Crippen LogP) is 3.40. The zero-order valence-corrected chi connectivity index (χ0v) is 10.9. The number of anilines is 1. The second-order valence-corrected chi connectivity index (χ2v) is 4.12. The largest absolute Gasteiger partial charge is 0.231 e. The van der Waals surface area contributed by atoms with Gasteiger partial charge in [0.2, 0.25) is 5.11 Å². The van der Waals surface area contributed by atoms with Gasteiger partial charge in [0, 0.05) is 6.21 Å². The molecule has 0 amide bonds. The molecule has 0 bridgehead atoms. The van der Waals surface area contributed by atoms with Crippen molar-refractivity contribution in [2.24, 2.45) is 4.99 Å². The van der Waals surface area contributed by atoms with Gasteiger partial charge >= 0.3 is 0 Å². The molecule has 0 fully saturated rings. The lowest BCUT2D eigenvalue weighted by Gasteiger charge is -2.21. The Morgan fingerprint density at radius 3 is 2.65 bits per heavy atom. The van der Waals surface area contributed by atoms with Crippen molar-refractivity contribution in [1.29, 1.82) is 0 Å². The summed E-state index contributed by atoms with van der Waals surface area (Å²) in [6.07, 6.45) is 1.55. The van der Waals surface area contributed by atoms with Crippen LogP contribution in [0.15, 0.2) is 29.3 Å². The maximum absolute atomic E-state index is 8.95. The van der Waals surface area contributed by atoms with Crippen LogP contribution in [0.1, 0.15) is 32.3 Å². The molecule has 17 heavy (non-hydrogen) atoms. The Balaban J connectivity index is 3.16. The van der Waals surface area contributed by atoms with Crippen LogP contribution in [0.3, 0.4) is 0 Å². The fourth-order valence-electron chi connectivity index (χ4n) is 1.51. The Kier molecular flexibility index (Phi) is 5.21. The van der Waals surface area contributed by atoms with Crippen molar-refractivity contribution in [1.82, 2.24) is 0 Å². The lowest BCUT2D eigenvalue weighted by molar-refractivity contribution is -0.240. The van der Waals surface area contributed by atoms with Crippen molar-refractivity contribution >= 4 is 29.2 Å². The lowest BCUT2D eigenvalue weighted by Crippen LogP contribution is -2.28. The van der Waals surface area contributed by atoms with E-state index in [1.807, 2.05) is 24.3 Å². The normalized spacial score (nSPS) is 11.1. The van der Waals surface area contributed by atoms with Crippen LogP contribution in [0.2, 0.25) is 0 Å². The van der Waals surface area contributed by atoms with Crippen molar-refractivity contribution in [3.63, 3.8) is 0 Å². The monoisotopic (exact) mass is 252 g/mol. The summed E-state index contributed by atoms with van der Waals surface area (Å²) < 4.78 is 0. The number of hydroxylamine groups is 1. The molecule has 0 atom stereocenters. The van der Waals surface area contributed by atoms with E-state index in [2.05, 4.69) is 23.8 Å². The SMILES string of the molecule is C/C=N/C(=S)N(OO)c1ccccc1C(C)C. The summed E-state index contributed by atoms with van der Waals surface area (Å²) in [6.45, 7) is 5.86. The minimum atomic E-state index is 0.156. The van der Waals surface area contributed by atoms with Gasteiger partial charge < -0.3 is 0 Å². The number of hydrogen-bond acceptors (Lipinski definition) is 3. The molecule has 0 spiro atoms. The van der Waals surface area contributed by atoms with E-state index < -0.39 is 0 Å². The summed E-state index contributed by atoms with van der Waals surface area (Å²) in [5.74, 6) is 0.289. The fourth-order valence-corrected chi connectivity index (χ4v) is 1.74. The number of thiocarbonyl (C=S) groups is 1. The highest BCUT2D eigenvalue weighted by atomic mass is 32.1. The molecule has 1 N–H and O–H groups in total. The summed E-state index contributed by atoms with van der Waals surface area (Å²) in [7, 11) is 0. The molecule has 4 nitrogen and oxygen atoms in total. The van der Waals surface area contributed by atoms with Crippen LogP contribution < -0.4 is 5.06 Å². The van der Waals surface area contributed by atoms with E-state index in [-0.39, 0.29) is 11.0 Å². The molecule has 0 aliphatic rings. The summed E-state index contributed by atoms with van der Waals surface area (Å²) in [5.41, 5.74) is 1.72. The quantitative estimate of drug-likeness (QED) is 0.387. The third kappa shape index (κ3) is 3.33. The molecule has 0 aliphatic heterocycles. The molecule has 0 aromatic heterocycles. The molecule has 1 aromatic rings. The van der Waals surface area contributed by atoms with Crippen LogP contribution in [0.25, 0.3) is 0 Å². The van der Waals surface area contributed by atoms with Crippen LogP contribution in [0.5, 0.6) is 0 Å². The van der Waals surface area contributed by atoms with Gasteiger partial charge in [0.25, 0.3) is 0 Å². The topological polar surface area (TPSA) is 45.1 Å². The minimum absolute atomic E-state index is 0.156. The van der Waals surface area contributed by atoms with Gasteiger partial charge in [-0.25, -0.2) is 10.2 Å². The number of nitrogens with zero attached hydrogens (tertiary/aromatic N) is 2. The van der Waals surface area contributed by atoms with Crippen molar-refractivity contribution in [3.05, 3.63) is 29.8 Å². The average molecular weight is 252 g/mol. The summed E-state index contributed by atoms with van der Waals surface area (Å²) >= 11 is 5.04. The van der Waals surface area contributed by atoms with Crippen molar-refractivity contribution < 1.29 is 10.2 Å². The molecule has 5 heteroatoms. The first-order valence-electron chi connectivity index (χ1n) is 5.35. The lowest BCUT2D eigenvalue weighted by atomic mass is 10.0. The second-order valence-electron chi connectivity index (χ2n) is 3.76. The molecule has 0 aliphatic carbocycles. The van der Waals surface area contributed by atoms with E-state index >= 15 is 0 Å². The molecule has 0 radical (unpaired) electrons. The van der Waals surface area contributed by atoms with Crippen LogP contribution >= 0.6 is 12.2 Å². The van der Waals surface area contributed by atoms with Crippen molar-refractivity contribution in [2.75, 3.05) is 5.06 Å². The van der Waals surface area contributed by atoms with Crippen LogP contribution in [0.4, 0.5) is 5.69 Å². The number of aliphatic imine (C=N–C) groups is 1. The molecule has 1 aromatic carbocycles. The van der Waals surface area contributed by atoms with E-state index in [9.17, 15) is 0 Å². The highest BCUT2D eigenvalue weighted by molar-refractivity contribution is 7.80. The highest BCUT2D eigenvalue weighted by Gasteiger charge is 2.17. The summed E-state index contributed by atoms with van der Waals surface area (Å²) in [6, 6.07) is 7.57. The van der Waals surface area contributed by atoms with Gasteiger partial charge in [0.05, 0.1) is 5.69 Å². The van der Waals surface area contributed by atoms with E-state index in [1.54, 1.807) is 13.1 Å². The predicted molar refractivity (Wildman–Crippen MR) is 73.5 cm³/mol. The standard InChI is InChI=1S/C12H16N2O2S/c1-4-13-12(17)14(16-15)11-8-6-5-7-10(11)9(2)3/h4-9,15H,1-3H3/b13-4+. The Bertz CT molecular complexity index is 419. The maximum Gasteiger partial charge on any atom is 0.226 e. The zero-order chi connectivity index (χ0) is 12.8. The molecule has 0 heterocycles. The van der Waals surface area contributed by atoms with Crippen LogP contribution in [0, 0.1) is 0 Å². The molecule has 92 valence electrons. The van der Waals surface area contributed by atoms with Gasteiger partial charge in [0.15, 0.2) is 0 Å². The van der Waals surface area contributed by atoms with Crippen molar-refractivity contribution in [3.8, 4) is 0 Å². The Hall–Kier alpha value is -1.30. The van der Waals surface area contributed by atoms with Crippen molar-refractivity contribution in [2.45, 2.75) is 26.7 Å². The number of benzene rings is 1. The molecule has 0 unspecified atom stereocenters. The van der Waals surface area contributed by atoms with Gasteiger partial charge in [-0.05, 0) is 36.7 Å². The first-order chi connectivity index (χ1) is 8.11. The molecule has 1 rings (SSSR count). The maximum atomic E-state index is 8.95. The second kappa shape index (κ2) is 6.44. The Morgan fingerprint density at radius 1 is 1.47 bits per heavy atom. The fraction of sp³-hybridized carbons (Fsp3) is 0.333. The zero-order valence-electron chi connectivity index (χ0n) is 10.1. The first-order valence-corrected chi connectivity index (χ1v) is 5.75. The smallest absolute Gasteiger partial charge is 0.226 e. The van der Waals surface area contributed by atoms with E-state index in [0.717, 1.165) is 10.6 Å². The summed E-state index contributed by atoms with van der Waals surface area (Å²) in [4.78, 5) is 8.24. The molecular weight excluding hydrogens is 236 g/mol. The molecule has 0 saturated heterocycles. The Morgan fingerprint density at radius 2 is 2.12 bits per heavy atom. The van der Waals surface area contributed by atoms with Gasteiger partial charge in [-0.2, -0.15) is 5.06 Å². The number of hydrogen-bond donors (Lipinski definition) is 1. The van der Waals surface area contributed by atoms with Crippen LogP contribution in [-0.2, 0) is 4.99 Å². The summed E-state index contributed by atoms with van der Waals surface area (Å²) in [5, 5.41) is 10.2. The van der Waals surface area contributed by atoms with Gasteiger partial charge in [-0.15, -0.1) is 4.99 Å². The molecular formula is C12H16N2O2S. The Labute approximate surface area is 106 Å². The first kappa shape index (κ1) is 13.8. The van der Waals surface area contributed by atoms with E-state index in [1.165, 1.54) is 0 Å². The average Bonchev–Trinajstić information content (AvgIpc) is 2.31. The van der Waals surface area contributed by atoms with E-state index in [4.69, 9.17) is 17.5 Å². The minimum Gasteiger partial charge on any atom is -0.231 e. The molecule has 0 saturated carbocycles. The third-order valence-corrected chi connectivity index (χ3v) is 2.54. The number of para-hydroxylation sites is 1. The van der Waals surface area contributed by atoms with E-state index in [0.29, 0.717) is 5.69 Å². The number of rotatable bonds is 3. The van der Waals surface area contributed by atoms with Gasteiger partial charge in [0.1, 0.15) is 0 Å². The van der Waals surface area contributed by atoms with Crippen LogP contribution in [-0.4, -0.2) is 16.6 Å².